The first-order valence-corrected chi connectivity index (χ1v) is 19.1. The van der Waals surface area contributed by atoms with Crippen LogP contribution >= 0.6 is 55.4 Å². The van der Waals surface area contributed by atoms with Gasteiger partial charge in [-0.05, 0) is 85.3 Å². The first-order valence-electron chi connectivity index (χ1n) is 15.1. The Kier molecular flexibility index (Phi) is 8.53. The summed E-state index contributed by atoms with van der Waals surface area (Å²) in [5, 5.41) is 0. The lowest BCUT2D eigenvalue weighted by atomic mass is 9.85. The van der Waals surface area contributed by atoms with Gasteiger partial charge in [-0.15, -0.1) is 23.5 Å². The van der Waals surface area contributed by atoms with Crippen LogP contribution < -0.4 is 0 Å². The molecule has 3 heterocycles. The van der Waals surface area contributed by atoms with Gasteiger partial charge in [-0.3, -0.25) is 19.2 Å². The number of hydrogen-bond donors (Lipinski definition) is 0. The molecule has 3 aliphatic heterocycles. The number of benzene rings is 2. The number of piperazine rings is 1. The van der Waals surface area contributed by atoms with Crippen LogP contribution in [0.25, 0.3) is 0 Å². The third-order valence-electron chi connectivity index (χ3n) is 9.92. The highest BCUT2D eigenvalue weighted by Gasteiger charge is 2.75. The van der Waals surface area contributed by atoms with Crippen molar-refractivity contribution < 1.29 is 38.2 Å². The first-order chi connectivity index (χ1) is 23.0. The lowest BCUT2D eigenvalue weighted by molar-refractivity contribution is -0.169. The van der Waals surface area contributed by atoms with Crippen LogP contribution in [0.1, 0.15) is 33.6 Å². The van der Waals surface area contributed by atoms with Gasteiger partial charge in [0.15, 0.2) is 21.3 Å². The average Bonchev–Trinajstić information content (AvgIpc) is 3.64. The summed E-state index contributed by atoms with van der Waals surface area (Å²) in [5.41, 5.74) is 0.577. The Hall–Kier alpha value is -3.20. The smallest absolute Gasteiger partial charge is 0.338 e. The summed E-state index contributed by atoms with van der Waals surface area (Å²) in [4.78, 5) is 83.3. The minimum atomic E-state index is -1.53. The number of hydrogen-bond acceptors (Lipinski definition) is 10. The molecule has 3 saturated heterocycles. The van der Waals surface area contributed by atoms with Gasteiger partial charge in [0, 0.05) is 33.6 Å². The Labute approximate surface area is 301 Å². The van der Waals surface area contributed by atoms with E-state index in [4.69, 9.17) is 9.47 Å². The van der Waals surface area contributed by atoms with Crippen molar-refractivity contribution in [3.05, 3.63) is 92.9 Å². The minimum absolute atomic E-state index is 0.00953. The van der Waals surface area contributed by atoms with Gasteiger partial charge in [-0.1, -0.05) is 31.9 Å². The Morgan fingerprint density at radius 2 is 1.02 bits per heavy atom. The molecule has 2 aromatic rings. The van der Waals surface area contributed by atoms with Gasteiger partial charge in [0.1, 0.15) is 12.2 Å². The third-order valence-corrected chi connectivity index (χ3v) is 13.4. The SMILES string of the molecule is CS[C@]12C[C@H]3C(=O)C=C[C@@H](OC(=O)c4ccc(Br)cc4)[C@@H]3N1C(=O)[C@@]1(SC)C[C@H]3C(=O)C=C[C@@H](OC(=O)c4ccc(Br)cc4)[C@@H]3N1C2=O. The van der Waals surface area contributed by atoms with Crippen LogP contribution in [0.2, 0.25) is 0 Å². The maximum Gasteiger partial charge on any atom is 0.338 e. The van der Waals surface area contributed by atoms with Crippen LogP contribution in [0.4, 0.5) is 0 Å². The van der Waals surface area contributed by atoms with Crippen molar-refractivity contribution in [2.75, 3.05) is 12.5 Å². The summed E-state index contributed by atoms with van der Waals surface area (Å²) in [6.07, 6.45) is 7.03. The number of carbonyl (C=O) groups is 6. The predicted octanol–water partition coefficient (Wildman–Crippen LogP) is 4.81. The molecule has 0 bridgehead atoms. The van der Waals surface area contributed by atoms with Gasteiger partial charge in [-0.25, -0.2) is 9.59 Å². The number of rotatable bonds is 6. The Morgan fingerprint density at radius 3 is 1.35 bits per heavy atom. The van der Waals surface area contributed by atoms with Gasteiger partial charge in [-0.2, -0.15) is 0 Å². The second-order valence-corrected chi connectivity index (χ2v) is 16.2. The van der Waals surface area contributed by atoms with Crippen molar-refractivity contribution in [1.29, 1.82) is 0 Å². The minimum Gasteiger partial charge on any atom is -0.452 e. The van der Waals surface area contributed by atoms with E-state index in [2.05, 4.69) is 31.9 Å². The van der Waals surface area contributed by atoms with E-state index >= 15 is 9.59 Å². The van der Waals surface area contributed by atoms with Crippen molar-refractivity contribution >= 4 is 90.7 Å². The zero-order valence-electron chi connectivity index (χ0n) is 25.5. The summed E-state index contributed by atoms with van der Waals surface area (Å²) in [5.74, 6) is -4.35. The number of thioether (sulfide) groups is 2. The lowest BCUT2D eigenvalue weighted by Crippen LogP contribution is -2.75. The third kappa shape index (κ3) is 4.96. The van der Waals surface area contributed by atoms with Gasteiger partial charge >= 0.3 is 11.9 Å². The van der Waals surface area contributed by atoms with Crippen LogP contribution in [-0.4, -0.2) is 91.7 Å². The molecule has 0 saturated carbocycles. The highest BCUT2D eigenvalue weighted by atomic mass is 79.9. The number of fused-ring (bicyclic) bond motifs is 6. The molecule has 8 atom stereocenters. The monoisotopic (exact) mass is 814 g/mol. The van der Waals surface area contributed by atoms with Gasteiger partial charge < -0.3 is 19.3 Å². The molecule has 7 rings (SSSR count). The molecule has 10 nitrogen and oxygen atoms in total. The largest absolute Gasteiger partial charge is 0.452 e. The van der Waals surface area contributed by atoms with Crippen molar-refractivity contribution in [3.63, 3.8) is 0 Å². The predicted molar refractivity (Wildman–Crippen MR) is 185 cm³/mol. The molecule has 5 aliphatic rings. The van der Waals surface area contributed by atoms with Gasteiger partial charge in [0.2, 0.25) is 0 Å². The molecular weight excluding hydrogens is 788 g/mol. The topological polar surface area (TPSA) is 127 Å². The van der Waals surface area contributed by atoms with Crippen LogP contribution in [0.3, 0.4) is 0 Å². The average molecular weight is 817 g/mol. The summed E-state index contributed by atoms with van der Waals surface area (Å²) in [6.45, 7) is 0. The zero-order chi connectivity index (χ0) is 34.1. The van der Waals surface area contributed by atoms with Crippen LogP contribution in [0.5, 0.6) is 0 Å². The maximum atomic E-state index is 15.1. The molecule has 48 heavy (non-hydrogen) atoms. The quantitative estimate of drug-likeness (QED) is 0.376. The molecule has 248 valence electrons. The van der Waals surface area contributed by atoms with E-state index in [1.54, 1.807) is 61.0 Å². The second-order valence-electron chi connectivity index (χ2n) is 12.2. The van der Waals surface area contributed by atoms with Crippen molar-refractivity contribution in [2.24, 2.45) is 11.8 Å². The summed E-state index contributed by atoms with van der Waals surface area (Å²) < 4.78 is 13.5. The van der Waals surface area contributed by atoms with Crippen LogP contribution in [-0.2, 0) is 28.7 Å². The molecule has 2 amide bonds. The highest BCUT2D eigenvalue weighted by Crippen LogP contribution is 2.60. The van der Waals surface area contributed by atoms with Crippen LogP contribution in [0, 0.1) is 11.8 Å². The Bertz CT molecular complexity index is 1690. The fraction of sp³-hybridized carbons (Fsp3) is 0.353. The Balaban J connectivity index is 1.26. The van der Waals surface area contributed by atoms with E-state index in [9.17, 15) is 19.2 Å². The van der Waals surface area contributed by atoms with E-state index in [0.717, 1.165) is 32.5 Å². The highest BCUT2D eigenvalue weighted by molar-refractivity contribution is 9.10. The standard InChI is InChI=1S/C34H28Br2N2O8S2/c1-47-33-15-21-23(39)11-13-25(45-29(41)17-3-7-19(35)8-4-17)27(21)37(33)32(44)34(48-2)16-22-24(40)12-14-26(28(22)38(34)31(33)43)46-30(42)18-5-9-20(36)10-6-18/h3-14,21-22,25-28H,15-16H2,1-2H3/t21-,22-,25+,26+,27+,28+,33-,34-/m0/s1. The fourth-order valence-electron chi connectivity index (χ4n) is 7.69. The molecule has 0 aromatic heterocycles. The molecule has 14 heteroatoms. The molecule has 0 spiro atoms. The molecule has 0 radical (unpaired) electrons. The van der Waals surface area contributed by atoms with E-state index < -0.39 is 69.6 Å². The van der Waals surface area contributed by atoms with Gasteiger partial charge in [0.25, 0.3) is 11.8 Å². The van der Waals surface area contributed by atoms with E-state index in [0.29, 0.717) is 0 Å². The van der Waals surface area contributed by atoms with Crippen molar-refractivity contribution in [3.8, 4) is 0 Å². The molecule has 3 fully saturated rings. The first kappa shape index (κ1) is 33.3. The number of carbonyl (C=O) groups excluding carboxylic acids is 6. The van der Waals surface area contributed by atoms with E-state index in [-0.39, 0.29) is 35.5 Å². The fourth-order valence-corrected chi connectivity index (χ4v) is 10.3. The normalized spacial score (nSPS) is 33.2. The van der Waals surface area contributed by atoms with Crippen molar-refractivity contribution in [2.45, 2.75) is 46.9 Å². The Morgan fingerprint density at radius 1 is 0.667 bits per heavy atom. The molecule has 0 unspecified atom stereocenters. The number of ether oxygens (including phenoxy) is 2. The maximum absolute atomic E-state index is 15.1. The number of halogens is 2. The summed E-state index contributed by atoms with van der Waals surface area (Å²) in [7, 11) is 0. The summed E-state index contributed by atoms with van der Waals surface area (Å²) >= 11 is 8.98. The number of amides is 2. The number of allylic oxidation sites excluding steroid dienone is 2. The van der Waals surface area contributed by atoms with Crippen LogP contribution in [0.15, 0.2) is 81.8 Å². The zero-order valence-corrected chi connectivity index (χ0v) is 30.3. The molecule has 0 N–H and O–H groups in total. The summed E-state index contributed by atoms with van der Waals surface area (Å²) in [6, 6.07) is 11.3. The second kappa shape index (κ2) is 12.3. The van der Waals surface area contributed by atoms with Crippen molar-refractivity contribution in [1.82, 2.24) is 9.80 Å². The van der Waals surface area contributed by atoms with E-state index in [1.165, 1.54) is 34.1 Å². The lowest BCUT2D eigenvalue weighted by Gasteiger charge is -2.54. The van der Waals surface area contributed by atoms with E-state index in [1.807, 2.05) is 0 Å². The number of ketones is 2. The molecular formula is C34H28Br2N2O8S2. The number of nitrogens with zero attached hydrogens (tertiary/aromatic N) is 2. The molecule has 2 aliphatic carbocycles. The van der Waals surface area contributed by atoms with Gasteiger partial charge in [0.05, 0.1) is 23.2 Å². The molecule has 2 aromatic carbocycles. The number of esters is 2.